The molecule has 5 heteroatoms. The van der Waals surface area contributed by atoms with Crippen molar-refractivity contribution in [3.63, 3.8) is 0 Å². The highest BCUT2D eigenvalue weighted by atomic mass is 35.5. The van der Waals surface area contributed by atoms with Crippen LogP contribution in [0.3, 0.4) is 0 Å². The first-order valence-electron chi connectivity index (χ1n) is 9.03. The largest absolute Gasteiger partial charge is 0.484 e. The first-order chi connectivity index (χ1) is 13.7. The molecule has 0 aliphatic rings. The van der Waals surface area contributed by atoms with E-state index in [0.717, 1.165) is 17.7 Å². The summed E-state index contributed by atoms with van der Waals surface area (Å²) in [5.41, 5.74) is 2.83. The van der Waals surface area contributed by atoms with Gasteiger partial charge in [0.1, 0.15) is 5.75 Å². The molecular weight excluding hydrogens is 372 g/mol. The van der Waals surface area contributed by atoms with E-state index in [-0.39, 0.29) is 12.5 Å². The van der Waals surface area contributed by atoms with Gasteiger partial charge in [-0.25, -0.2) is 0 Å². The van der Waals surface area contributed by atoms with Crippen molar-refractivity contribution in [3.05, 3.63) is 95.0 Å². The third-order valence-electron chi connectivity index (χ3n) is 4.03. The number of rotatable bonds is 8. The molecule has 1 N–H and O–H groups in total. The Bertz CT molecular complexity index is 925. The molecule has 0 aliphatic heterocycles. The van der Waals surface area contributed by atoms with Crippen molar-refractivity contribution < 1.29 is 9.53 Å². The third kappa shape index (κ3) is 6.25. The van der Waals surface area contributed by atoms with Crippen molar-refractivity contribution in [3.8, 4) is 5.75 Å². The second-order valence-electron chi connectivity index (χ2n) is 6.15. The number of nitrogens with zero attached hydrogens (tertiary/aromatic N) is 1. The molecule has 142 valence electrons. The number of ether oxygens (including phenoxy) is 1. The van der Waals surface area contributed by atoms with Crippen LogP contribution in [0.15, 0.2) is 83.9 Å². The number of hydrogen-bond acceptors (Lipinski definition) is 3. The number of carbonyl (C=O) groups excluding carboxylic acids is 1. The van der Waals surface area contributed by atoms with Gasteiger partial charge in [0.25, 0.3) is 5.91 Å². The lowest BCUT2D eigenvalue weighted by Gasteiger charge is -2.08. The lowest BCUT2D eigenvalue weighted by atomic mass is 10.1. The lowest BCUT2D eigenvalue weighted by Crippen LogP contribution is -2.30. The number of carbonyl (C=O) groups is 1. The van der Waals surface area contributed by atoms with Gasteiger partial charge in [-0.2, -0.15) is 0 Å². The first-order valence-corrected chi connectivity index (χ1v) is 9.40. The van der Waals surface area contributed by atoms with Crippen LogP contribution in [0, 0.1) is 0 Å². The Hall–Kier alpha value is -3.11. The number of amides is 1. The number of hydrogen-bond donors (Lipinski definition) is 1. The van der Waals surface area contributed by atoms with Crippen molar-refractivity contribution in [1.82, 2.24) is 5.32 Å². The Morgan fingerprint density at radius 3 is 2.43 bits per heavy atom. The van der Waals surface area contributed by atoms with Gasteiger partial charge in [0.15, 0.2) is 6.61 Å². The van der Waals surface area contributed by atoms with Gasteiger partial charge in [-0.05, 0) is 53.9 Å². The van der Waals surface area contributed by atoms with E-state index in [4.69, 9.17) is 16.3 Å². The van der Waals surface area contributed by atoms with E-state index >= 15 is 0 Å². The van der Waals surface area contributed by atoms with Gasteiger partial charge in [-0.15, -0.1) is 0 Å². The Labute approximate surface area is 169 Å². The minimum atomic E-state index is -0.139. The van der Waals surface area contributed by atoms with E-state index in [1.807, 2.05) is 72.8 Å². The van der Waals surface area contributed by atoms with Crippen molar-refractivity contribution >= 4 is 29.4 Å². The summed E-state index contributed by atoms with van der Waals surface area (Å²) in [4.78, 5) is 16.3. The molecule has 0 aromatic heterocycles. The van der Waals surface area contributed by atoms with Gasteiger partial charge >= 0.3 is 0 Å². The van der Waals surface area contributed by atoms with Crippen LogP contribution >= 0.6 is 11.6 Å². The zero-order chi connectivity index (χ0) is 19.6. The Kier molecular flexibility index (Phi) is 7.21. The Balaban J connectivity index is 1.42. The molecule has 0 saturated carbocycles. The molecule has 1 amide bonds. The van der Waals surface area contributed by atoms with Crippen molar-refractivity contribution in [1.29, 1.82) is 0 Å². The summed E-state index contributed by atoms with van der Waals surface area (Å²) in [6.45, 7) is 0.575. The fourth-order valence-electron chi connectivity index (χ4n) is 2.54. The van der Waals surface area contributed by atoms with E-state index in [1.54, 1.807) is 12.3 Å². The normalized spacial score (nSPS) is 10.8. The van der Waals surface area contributed by atoms with Crippen LogP contribution in [0.4, 0.5) is 5.69 Å². The maximum atomic E-state index is 11.9. The number of aliphatic imine (C=N–C) groups is 1. The van der Waals surface area contributed by atoms with Crippen LogP contribution in [0.5, 0.6) is 5.75 Å². The van der Waals surface area contributed by atoms with E-state index in [0.29, 0.717) is 17.3 Å². The fraction of sp³-hybridized carbons (Fsp3) is 0.130. The molecule has 3 aromatic rings. The van der Waals surface area contributed by atoms with Crippen LogP contribution in [-0.2, 0) is 11.2 Å². The quantitative estimate of drug-likeness (QED) is 0.558. The molecule has 0 fully saturated rings. The first kappa shape index (κ1) is 19.6. The smallest absolute Gasteiger partial charge is 0.257 e. The number of benzene rings is 3. The highest BCUT2D eigenvalue weighted by Gasteiger charge is 2.03. The van der Waals surface area contributed by atoms with Crippen LogP contribution in [-0.4, -0.2) is 25.3 Å². The third-order valence-corrected chi connectivity index (χ3v) is 4.35. The van der Waals surface area contributed by atoms with Gasteiger partial charge in [-0.3, -0.25) is 9.79 Å². The zero-order valence-electron chi connectivity index (χ0n) is 15.3. The molecule has 0 atom stereocenters. The summed E-state index contributed by atoms with van der Waals surface area (Å²) >= 11 is 6.09. The minimum Gasteiger partial charge on any atom is -0.484 e. The molecular formula is C23H21ClN2O2. The predicted molar refractivity (Wildman–Crippen MR) is 114 cm³/mol. The maximum absolute atomic E-state index is 11.9. The SMILES string of the molecule is O=C(COc1ccc(C=Nc2ccccc2Cl)cc1)NCCc1ccccc1. The predicted octanol–water partition coefficient (Wildman–Crippen LogP) is 4.83. The minimum absolute atomic E-state index is 0.0121. The van der Waals surface area contributed by atoms with Gasteiger partial charge < -0.3 is 10.1 Å². The molecule has 0 bridgehead atoms. The van der Waals surface area contributed by atoms with E-state index in [2.05, 4.69) is 10.3 Å². The molecule has 28 heavy (non-hydrogen) atoms. The summed E-state index contributed by atoms with van der Waals surface area (Å²) in [6.07, 6.45) is 2.54. The van der Waals surface area contributed by atoms with Gasteiger partial charge in [0.05, 0.1) is 10.7 Å². The Morgan fingerprint density at radius 2 is 1.68 bits per heavy atom. The summed E-state index contributed by atoms with van der Waals surface area (Å²) in [7, 11) is 0. The average molecular weight is 393 g/mol. The standard InChI is InChI=1S/C23H21ClN2O2/c24-21-8-4-5-9-22(21)26-16-19-10-12-20(13-11-19)28-17-23(27)25-15-14-18-6-2-1-3-7-18/h1-13,16H,14-15,17H2,(H,25,27). The molecule has 3 aromatic carbocycles. The lowest BCUT2D eigenvalue weighted by molar-refractivity contribution is -0.123. The van der Waals surface area contributed by atoms with Gasteiger partial charge in [-0.1, -0.05) is 54.1 Å². The van der Waals surface area contributed by atoms with Crippen LogP contribution in [0.2, 0.25) is 5.02 Å². The molecule has 4 nitrogen and oxygen atoms in total. The van der Waals surface area contributed by atoms with Crippen LogP contribution < -0.4 is 10.1 Å². The van der Waals surface area contributed by atoms with Crippen molar-refractivity contribution in [2.45, 2.75) is 6.42 Å². The van der Waals surface area contributed by atoms with Crippen LogP contribution in [0.25, 0.3) is 0 Å². The second kappa shape index (κ2) is 10.3. The summed E-state index contributed by atoms with van der Waals surface area (Å²) in [5.74, 6) is 0.494. The molecule has 0 radical (unpaired) electrons. The molecule has 0 aliphatic carbocycles. The van der Waals surface area contributed by atoms with E-state index < -0.39 is 0 Å². The summed E-state index contributed by atoms with van der Waals surface area (Å²) < 4.78 is 5.53. The number of para-hydroxylation sites is 1. The zero-order valence-corrected chi connectivity index (χ0v) is 16.1. The highest BCUT2D eigenvalue weighted by Crippen LogP contribution is 2.23. The van der Waals surface area contributed by atoms with E-state index in [1.165, 1.54) is 5.56 Å². The number of nitrogens with one attached hydrogen (secondary N) is 1. The number of halogens is 1. The summed E-state index contributed by atoms with van der Waals surface area (Å²) in [5, 5.41) is 3.47. The maximum Gasteiger partial charge on any atom is 0.257 e. The van der Waals surface area contributed by atoms with Crippen molar-refractivity contribution in [2.75, 3.05) is 13.2 Å². The molecule has 0 heterocycles. The highest BCUT2D eigenvalue weighted by molar-refractivity contribution is 6.33. The Morgan fingerprint density at radius 1 is 0.964 bits per heavy atom. The summed E-state index contributed by atoms with van der Waals surface area (Å²) in [6, 6.07) is 24.8. The van der Waals surface area contributed by atoms with E-state index in [9.17, 15) is 4.79 Å². The van der Waals surface area contributed by atoms with Gasteiger partial charge in [0, 0.05) is 12.8 Å². The molecule has 0 saturated heterocycles. The van der Waals surface area contributed by atoms with Crippen molar-refractivity contribution in [2.24, 2.45) is 4.99 Å². The molecule has 3 rings (SSSR count). The molecule has 0 spiro atoms. The monoisotopic (exact) mass is 392 g/mol. The van der Waals surface area contributed by atoms with Gasteiger partial charge in [0.2, 0.25) is 0 Å². The molecule has 0 unspecified atom stereocenters. The average Bonchev–Trinajstić information content (AvgIpc) is 2.73. The van der Waals surface area contributed by atoms with Crippen LogP contribution in [0.1, 0.15) is 11.1 Å². The topological polar surface area (TPSA) is 50.7 Å². The fourth-order valence-corrected chi connectivity index (χ4v) is 2.73. The second-order valence-corrected chi connectivity index (χ2v) is 6.56.